The van der Waals surface area contributed by atoms with Crippen LogP contribution >= 0.6 is 15.9 Å². The highest BCUT2D eigenvalue weighted by Gasteiger charge is 2.26. The van der Waals surface area contributed by atoms with Crippen LogP contribution in [0.4, 0.5) is 0 Å². The number of hydrogen-bond donors (Lipinski definition) is 1. The Kier molecular flexibility index (Phi) is 7.16. The lowest BCUT2D eigenvalue weighted by molar-refractivity contribution is -0.120. The van der Waals surface area contributed by atoms with Gasteiger partial charge in [-0.05, 0) is 73.8 Å². The van der Waals surface area contributed by atoms with E-state index in [0.29, 0.717) is 18.9 Å². The van der Waals surface area contributed by atoms with Gasteiger partial charge >= 0.3 is 0 Å². The van der Waals surface area contributed by atoms with Crippen molar-refractivity contribution in [2.75, 3.05) is 32.8 Å². The van der Waals surface area contributed by atoms with Crippen LogP contribution in [0.1, 0.15) is 18.4 Å². The number of nitrogens with zero attached hydrogens (tertiary/aromatic N) is 3. The van der Waals surface area contributed by atoms with Crippen LogP contribution in [0, 0.1) is 5.92 Å². The fourth-order valence-electron chi connectivity index (χ4n) is 4.51. The van der Waals surface area contributed by atoms with E-state index in [1.807, 2.05) is 59.4 Å². The summed E-state index contributed by atoms with van der Waals surface area (Å²) >= 11 is 3.49. The first kappa shape index (κ1) is 22.9. The van der Waals surface area contributed by atoms with Crippen LogP contribution in [-0.4, -0.2) is 59.2 Å². The monoisotopic (exact) mass is 524 g/mol. The SMILES string of the molecule is O=C(Cc1ccc(-n2cccc2)nc1)NCC1CCN(CC2COc3ccc(Br)cc3O2)CC1. The molecule has 0 radical (unpaired) electrons. The number of pyridine rings is 1. The minimum Gasteiger partial charge on any atom is -0.486 e. The number of benzene rings is 1. The van der Waals surface area contributed by atoms with Gasteiger partial charge in [-0.1, -0.05) is 22.0 Å². The Hall–Kier alpha value is -2.84. The maximum atomic E-state index is 12.4. The summed E-state index contributed by atoms with van der Waals surface area (Å²) in [5, 5.41) is 3.12. The van der Waals surface area contributed by atoms with Crippen LogP contribution in [0.15, 0.2) is 65.5 Å². The molecule has 0 bridgehead atoms. The predicted octanol–water partition coefficient (Wildman–Crippen LogP) is 3.85. The molecule has 0 saturated carbocycles. The number of halogens is 1. The lowest BCUT2D eigenvalue weighted by Gasteiger charge is -2.35. The maximum absolute atomic E-state index is 12.4. The van der Waals surface area contributed by atoms with Gasteiger partial charge in [0.05, 0.1) is 6.42 Å². The first-order chi connectivity index (χ1) is 16.6. The number of rotatable bonds is 7. The van der Waals surface area contributed by atoms with Crippen molar-refractivity contribution in [1.82, 2.24) is 19.8 Å². The van der Waals surface area contributed by atoms with Gasteiger partial charge < -0.3 is 19.4 Å². The van der Waals surface area contributed by atoms with Crippen molar-refractivity contribution in [2.45, 2.75) is 25.4 Å². The van der Waals surface area contributed by atoms with E-state index in [1.165, 1.54) is 0 Å². The first-order valence-corrected chi connectivity index (χ1v) is 12.6. The Morgan fingerprint density at radius 3 is 2.71 bits per heavy atom. The minimum absolute atomic E-state index is 0.0376. The first-order valence-electron chi connectivity index (χ1n) is 11.8. The number of fused-ring (bicyclic) bond motifs is 1. The number of carbonyl (C=O) groups excluding carboxylic acids is 1. The van der Waals surface area contributed by atoms with E-state index in [-0.39, 0.29) is 12.0 Å². The standard InChI is InChI=1S/C26H29BrN4O3/c27-21-4-5-23-24(14-21)34-22(18-33-23)17-30-11-7-19(8-12-30)15-29-26(32)13-20-3-6-25(28-16-20)31-9-1-2-10-31/h1-6,9-10,14,16,19,22H,7-8,11-13,15,17-18H2,(H,29,32). The number of amides is 1. The molecule has 1 unspecified atom stereocenters. The number of ether oxygens (including phenoxy) is 2. The molecule has 2 aromatic heterocycles. The molecule has 1 N–H and O–H groups in total. The smallest absolute Gasteiger partial charge is 0.224 e. The van der Waals surface area contributed by atoms with Crippen molar-refractivity contribution in [1.29, 1.82) is 0 Å². The van der Waals surface area contributed by atoms with Crippen LogP contribution < -0.4 is 14.8 Å². The molecule has 5 rings (SSSR count). The van der Waals surface area contributed by atoms with E-state index in [0.717, 1.165) is 66.4 Å². The molecule has 4 heterocycles. The number of likely N-dealkylation sites (tertiary alicyclic amines) is 1. The molecule has 1 aromatic carbocycles. The topological polar surface area (TPSA) is 68.6 Å². The quantitative estimate of drug-likeness (QED) is 0.508. The Balaban J connectivity index is 1.02. The summed E-state index contributed by atoms with van der Waals surface area (Å²) in [7, 11) is 0. The minimum atomic E-state index is 0.0376. The van der Waals surface area contributed by atoms with Gasteiger partial charge in [0.25, 0.3) is 0 Å². The van der Waals surface area contributed by atoms with Gasteiger partial charge in [-0.15, -0.1) is 0 Å². The highest BCUT2D eigenvalue weighted by Crippen LogP contribution is 2.34. The molecule has 34 heavy (non-hydrogen) atoms. The fourth-order valence-corrected chi connectivity index (χ4v) is 4.85. The van der Waals surface area contributed by atoms with Crippen LogP contribution in [0.5, 0.6) is 11.5 Å². The van der Waals surface area contributed by atoms with Crippen molar-refractivity contribution in [3.8, 4) is 17.3 Å². The zero-order valence-corrected chi connectivity index (χ0v) is 20.6. The van der Waals surface area contributed by atoms with E-state index < -0.39 is 0 Å². The molecule has 8 heteroatoms. The van der Waals surface area contributed by atoms with Gasteiger partial charge in [-0.2, -0.15) is 0 Å². The molecule has 0 aliphatic carbocycles. The van der Waals surface area contributed by atoms with Crippen molar-refractivity contribution in [3.05, 3.63) is 71.1 Å². The van der Waals surface area contributed by atoms with Crippen molar-refractivity contribution in [2.24, 2.45) is 5.92 Å². The van der Waals surface area contributed by atoms with Gasteiger partial charge in [0.1, 0.15) is 18.5 Å². The molecule has 1 saturated heterocycles. The number of nitrogens with one attached hydrogen (secondary N) is 1. The number of carbonyl (C=O) groups is 1. The van der Waals surface area contributed by atoms with Crippen LogP contribution in [0.25, 0.3) is 5.82 Å². The lowest BCUT2D eigenvalue weighted by atomic mass is 9.96. The largest absolute Gasteiger partial charge is 0.486 e. The van der Waals surface area contributed by atoms with Gasteiger partial charge in [0.15, 0.2) is 11.5 Å². The second kappa shape index (κ2) is 10.6. The molecule has 3 aromatic rings. The van der Waals surface area contributed by atoms with Crippen molar-refractivity contribution in [3.63, 3.8) is 0 Å². The van der Waals surface area contributed by atoms with Gasteiger partial charge in [0.2, 0.25) is 5.91 Å². The molecule has 1 fully saturated rings. The highest BCUT2D eigenvalue weighted by atomic mass is 79.9. The molecule has 1 amide bonds. The van der Waals surface area contributed by atoms with Crippen LogP contribution in [0.3, 0.4) is 0 Å². The Morgan fingerprint density at radius 2 is 1.94 bits per heavy atom. The second-order valence-corrected chi connectivity index (χ2v) is 9.90. The summed E-state index contributed by atoms with van der Waals surface area (Å²) in [5.74, 6) is 3.02. The van der Waals surface area contributed by atoms with Crippen LogP contribution in [-0.2, 0) is 11.2 Å². The summed E-state index contributed by atoms with van der Waals surface area (Å²) in [4.78, 5) is 19.3. The Bertz CT molecular complexity index is 1100. The molecule has 2 aliphatic rings. The van der Waals surface area contributed by atoms with Crippen molar-refractivity contribution >= 4 is 21.8 Å². The Labute approximate surface area is 208 Å². The van der Waals surface area contributed by atoms with Gasteiger partial charge in [0, 0.05) is 36.2 Å². The van der Waals surface area contributed by atoms with E-state index in [1.54, 1.807) is 6.20 Å². The summed E-state index contributed by atoms with van der Waals surface area (Å²) in [6.07, 6.45) is 8.22. The molecule has 0 spiro atoms. The third kappa shape index (κ3) is 5.80. The third-order valence-electron chi connectivity index (χ3n) is 6.42. The highest BCUT2D eigenvalue weighted by molar-refractivity contribution is 9.10. The van der Waals surface area contributed by atoms with E-state index in [4.69, 9.17) is 9.47 Å². The zero-order valence-electron chi connectivity index (χ0n) is 19.0. The Morgan fingerprint density at radius 1 is 1.12 bits per heavy atom. The third-order valence-corrected chi connectivity index (χ3v) is 6.92. The zero-order chi connectivity index (χ0) is 23.3. The molecular weight excluding hydrogens is 496 g/mol. The fraction of sp³-hybridized carbons (Fsp3) is 0.385. The molecule has 178 valence electrons. The van der Waals surface area contributed by atoms with Crippen LogP contribution in [0.2, 0.25) is 0 Å². The maximum Gasteiger partial charge on any atom is 0.224 e. The van der Waals surface area contributed by atoms with E-state index >= 15 is 0 Å². The van der Waals surface area contributed by atoms with E-state index in [9.17, 15) is 4.79 Å². The predicted molar refractivity (Wildman–Crippen MR) is 133 cm³/mol. The normalized spacial score (nSPS) is 18.6. The molecule has 2 aliphatic heterocycles. The lowest BCUT2D eigenvalue weighted by Crippen LogP contribution is -2.45. The van der Waals surface area contributed by atoms with E-state index in [2.05, 4.69) is 31.1 Å². The molecule has 1 atom stereocenters. The van der Waals surface area contributed by atoms with Gasteiger partial charge in [-0.25, -0.2) is 4.98 Å². The number of hydrogen-bond acceptors (Lipinski definition) is 5. The number of aromatic nitrogens is 2. The number of piperidine rings is 1. The summed E-state index contributed by atoms with van der Waals surface area (Å²) in [6, 6.07) is 13.7. The average molecular weight is 525 g/mol. The summed E-state index contributed by atoms with van der Waals surface area (Å²) in [5.41, 5.74) is 0.923. The second-order valence-electron chi connectivity index (χ2n) is 8.98. The summed E-state index contributed by atoms with van der Waals surface area (Å²) in [6.45, 7) is 4.18. The van der Waals surface area contributed by atoms with Gasteiger partial charge in [-0.3, -0.25) is 9.69 Å². The molecular formula is C26H29BrN4O3. The average Bonchev–Trinajstić information content (AvgIpc) is 3.39. The van der Waals surface area contributed by atoms with Crippen molar-refractivity contribution < 1.29 is 14.3 Å². The summed E-state index contributed by atoms with van der Waals surface area (Å²) < 4.78 is 14.9. The molecule has 7 nitrogen and oxygen atoms in total.